The molecule has 4 heterocycles. The summed E-state index contributed by atoms with van der Waals surface area (Å²) in [6.45, 7) is 5.16. The Balaban J connectivity index is 1.63. The lowest BCUT2D eigenvalue weighted by Crippen LogP contribution is -2.45. The standard InChI is InChI=1S/C26H29BrFIN6O2/c1-14(21-5-4-9-33(21)3)37-26-19-13-31-35(17-7-10-34(15(2)36)16(11-17)6-8-30)25(19)18-12-20(29)22(27)23(28)24(18)32-26/h12-14,16-17,21H,4-7,9-11H2,1-3H3/t14?,16-,17+,21+/m1/s1. The van der Waals surface area contributed by atoms with Gasteiger partial charge >= 0.3 is 0 Å². The monoisotopic (exact) mass is 682 g/mol. The van der Waals surface area contributed by atoms with Crippen LogP contribution < -0.4 is 4.74 Å². The zero-order valence-corrected chi connectivity index (χ0v) is 24.8. The topological polar surface area (TPSA) is 87.3 Å². The Bertz CT molecular complexity index is 1410. The summed E-state index contributed by atoms with van der Waals surface area (Å²) in [6, 6.07) is 4.17. The smallest absolute Gasteiger partial charge is 0.225 e. The molecule has 2 aliphatic heterocycles. The van der Waals surface area contributed by atoms with Gasteiger partial charge in [0, 0.05) is 34.5 Å². The van der Waals surface area contributed by atoms with Gasteiger partial charge in [0.15, 0.2) is 5.82 Å². The molecule has 5 rings (SSSR count). The van der Waals surface area contributed by atoms with Crippen LogP contribution in [0, 0.1) is 20.7 Å². The maximum atomic E-state index is 15.6. The number of likely N-dealkylation sites (N-methyl/N-ethyl adjacent to an activating group) is 1. The van der Waals surface area contributed by atoms with Crippen LogP contribution in [0.2, 0.25) is 0 Å². The second-order valence-corrected chi connectivity index (χ2v) is 12.0. The van der Waals surface area contributed by atoms with Crippen molar-refractivity contribution in [2.24, 2.45) is 0 Å². The fourth-order valence-electron chi connectivity index (χ4n) is 5.94. The van der Waals surface area contributed by atoms with Crippen LogP contribution in [-0.4, -0.2) is 68.8 Å². The van der Waals surface area contributed by atoms with Gasteiger partial charge in [-0.3, -0.25) is 14.4 Å². The zero-order valence-electron chi connectivity index (χ0n) is 21.0. The molecule has 37 heavy (non-hydrogen) atoms. The Morgan fingerprint density at radius 2 is 2.16 bits per heavy atom. The number of benzene rings is 1. The SMILES string of the molecule is CC(=O)N1CC[C@H](n2ncc3c(OC(C)[C@@H]4CCCN4C)nc4c(F)c(Br)c(I)cc4c32)C[C@H]1CC#N. The van der Waals surface area contributed by atoms with E-state index >= 15 is 4.39 Å². The van der Waals surface area contributed by atoms with E-state index in [1.807, 2.05) is 17.7 Å². The third-order valence-corrected chi connectivity index (χ3v) is 10.2. The number of piperidine rings is 1. The summed E-state index contributed by atoms with van der Waals surface area (Å²) in [5, 5.41) is 15.5. The molecule has 196 valence electrons. The first-order valence-electron chi connectivity index (χ1n) is 12.6. The molecule has 0 radical (unpaired) electrons. The lowest BCUT2D eigenvalue weighted by Gasteiger charge is -2.38. The fraction of sp³-hybridized carbons (Fsp3) is 0.538. The van der Waals surface area contributed by atoms with Crippen molar-refractivity contribution >= 4 is 66.2 Å². The number of nitriles is 1. The molecule has 2 saturated heterocycles. The van der Waals surface area contributed by atoms with Crippen LogP contribution in [0.5, 0.6) is 5.88 Å². The van der Waals surface area contributed by atoms with Gasteiger partial charge in [-0.25, -0.2) is 9.37 Å². The molecular weight excluding hydrogens is 654 g/mol. The number of ether oxygens (including phenoxy) is 1. The second kappa shape index (κ2) is 10.6. The van der Waals surface area contributed by atoms with Crippen molar-refractivity contribution in [3.05, 3.63) is 26.1 Å². The normalized spacial score (nSPS) is 23.5. The van der Waals surface area contributed by atoms with E-state index in [4.69, 9.17) is 9.84 Å². The number of rotatable bonds is 5. The Morgan fingerprint density at radius 3 is 2.84 bits per heavy atom. The van der Waals surface area contributed by atoms with E-state index in [0.29, 0.717) is 35.1 Å². The highest BCUT2D eigenvalue weighted by Crippen LogP contribution is 2.40. The van der Waals surface area contributed by atoms with Crippen LogP contribution in [-0.2, 0) is 4.79 Å². The summed E-state index contributed by atoms with van der Waals surface area (Å²) >= 11 is 5.49. The van der Waals surface area contributed by atoms with Crippen molar-refractivity contribution < 1.29 is 13.9 Å². The number of nitrogens with zero attached hydrogens (tertiary/aromatic N) is 6. The van der Waals surface area contributed by atoms with Gasteiger partial charge in [0.05, 0.1) is 40.1 Å². The maximum Gasteiger partial charge on any atom is 0.225 e. The third-order valence-electron chi connectivity index (χ3n) is 7.81. The Labute approximate surface area is 237 Å². The Hall–Kier alpha value is -2.04. The molecule has 2 aromatic heterocycles. The summed E-state index contributed by atoms with van der Waals surface area (Å²) in [7, 11) is 2.10. The van der Waals surface area contributed by atoms with Crippen LogP contribution in [0.15, 0.2) is 16.7 Å². The van der Waals surface area contributed by atoms with Gasteiger partial charge in [-0.15, -0.1) is 0 Å². The maximum absolute atomic E-state index is 15.6. The number of pyridine rings is 1. The molecule has 11 heteroatoms. The number of hydrogen-bond donors (Lipinski definition) is 0. The van der Waals surface area contributed by atoms with E-state index in [-0.39, 0.29) is 42.1 Å². The predicted octanol–water partition coefficient (Wildman–Crippen LogP) is 5.42. The average molecular weight is 683 g/mol. The third kappa shape index (κ3) is 4.81. The van der Waals surface area contributed by atoms with E-state index in [2.05, 4.69) is 61.5 Å². The molecule has 0 bridgehead atoms. The molecule has 0 saturated carbocycles. The minimum Gasteiger partial charge on any atom is -0.472 e. The summed E-state index contributed by atoms with van der Waals surface area (Å²) in [5.41, 5.74) is 1.01. The number of carbonyl (C=O) groups is 1. The minimum absolute atomic E-state index is 0.0262. The summed E-state index contributed by atoms with van der Waals surface area (Å²) in [4.78, 5) is 20.9. The molecule has 1 amide bonds. The number of fused-ring (bicyclic) bond motifs is 3. The Kier molecular flexibility index (Phi) is 7.62. The molecule has 2 aliphatic rings. The fourth-order valence-corrected chi connectivity index (χ4v) is 6.79. The second-order valence-electron chi connectivity index (χ2n) is 10.1. The summed E-state index contributed by atoms with van der Waals surface area (Å²) in [5.74, 6) is -0.0780. The molecule has 2 fully saturated rings. The molecule has 3 aromatic rings. The highest BCUT2D eigenvalue weighted by Gasteiger charge is 2.34. The van der Waals surface area contributed by atoms with E-state index in [1.165, 1.54) is 0 Å². The van der Waals surface area contributed by atoms with Crippen molar-refractivity contribution in [2.75, 3.05) is 20.1 Å². The van der Waals surface area contributed by atoms with Gasteiger partial charge in [0.2, 0.25) is 11.8 Å². The summed E-state index contributed by atoms with van der Waals surface area (Å²) in [6.07, 6.45) is 5.35. The van der Waals surface area contributed by atoms with Crippen LogP contribution in [0.4, 0.5) is 4.39 Å². The van der Waals surface area contributed by atoms with Crippen LogP contribution in [0.1, 0.15) is 52.0 Å². The molecule has 1 unspecified atom stereocenters. The highest BCUT2D eigenvalue weighted by molar-refractivity contribution is 14.1. The minimum atomic E-state index is -0.430. The van der Waals surface area contributed by atoms with E-state index in [9.17, 15) is 10.1 Å². The Morgan fingerprint density at radius 1 is 1.38 bits per heavy atom. The zero-order chi connectivity index (χ0) is 26.4. The number of hydrogen-bond acceptors (Lipinski definition) is 6. The van der Waals surface area contributed by atoms with Crippen molar-refractivity contribution in [3.8, 4) is 11.9 Å². The molecule has 8 nitrogen and oxygen atoms in total. The molecule has 0 aliphatic carbocycles. The largest absolute Gasteiger partial charge is 0.472 e. The summed E-state index contributed by atoms with van der Waals surface area (Å²) < 4.78 is 25.0. The number of halogens is 3. The van der Waals surface area contributed by atoms with Gasteiger partial charge in [-0.05, 0) is 90.8 Å². The predicted molar refractivity (Wildman–Crippen MR) is 151 cm³/mol. The first kappa shape index (κ1) is 26.6. The number of likely N-dealkylation sites (tertiary alicyclic amines) is 2. The lowest BCUT2D eigenvalue weighted by molar-refractivity contribution is -0.132. The van der Waals surface area contributed by atoms with E-state index in [1.54, 1.807) is 18.0 Å². The van der Waals surface area contributed by atoms with E-state index in [0.717, 1.165) is 33.9 Å². The van der Waals surface area contributed by atoms with E-state index < -0.39 is 5.82 Å². The molecule has 0 spiro atoms. The quantitative estimate of drug-likeness (QED) is 0.264. The van der Waals surface area contributed by atoms with Crippen molar-refractivity contribution in [1.82, 2.24) is 24.6 Å². The molecule has 1 aromatic carbocycles. The van der Waals surface area contributed by atoms with Crippen molar-refractivity contribution in [1.29, 1.82) is 5.26 Å². The molecule has 4 atom stereocenters. The van der Waals surface area contributed by atoms with Crippen molar-refractivity contribution in [2.45, 2.75) is 70.2 Å². The van der Waals surface area contributed by atoms with Gasteiger partial charge in [0.1, 0.15) is 11.6 Å². The highest BCUT2D eigenvalue weighted by atomic mass is 127. The molecular formula is C26H29BrFIN6O2. The molecule has 0 N–H and O–H groups in total. The number of carbonyl (C=O) groups excluding carboxylic acids is 1. The first-order valence-corrected chi connectivity index (χ1v) is 14.4. The van der Waals surface area contributed by atoms with Crippen LogP contribution in [0.25, 0.3) is 21.8 Å². The van der Waals surface area contributed by atoms with Crippen molar-refractivity contribution in [3.63, 3.8) is 0 Å². The van der Waals surface area contributed by atoms with Crippen LogP contribution >= 0.6 is 38.5 Å². The lowest BCUT2D eigenvalue weighted by atomic mass is 9.95. The van der Waals surface area contributed by atoms with Crippen LogP contribution in [0.3, 0.4) is 0 Å². The van der Waals surface area contributed by atoms with Gasteiger partial charge in [-0.2, -0.15) is 10.4 Å². The number of amides is 1. The average Bonchev–Trinajstić information content (AvgIpc) is 3.50. The van der Waals surface area contributed by atoms with Gasteiger partial charge in [0.25, 0.3) is 0 Å². The van der Waals surface area contributed by atoms with Gasteiger partial charge < -0.3 is 9.64 Å². The first-order chi connectivity index (χ1) is 17.7. The number of aromatic nitrogens is 3. The van der Waals surface area contributed by atoms with Gasteiger partial charge in [-0.1, -0.05) is 0 Å².